The van der Waals surface area contributed by atoms with Crippen LogP contribution in [0.25, 0.3) is 0 Å². The number of nitrogens with one attached hydrogen (secondary N) is 1. The van der Waals surface area contributed by atoms with Crippen molar-refractivity contribution in [3.8, 4) is 0 Å². The molecular formula is C21H34BrN3O2S. The van der Waals surface area contributed by atoms with Gasteiger partial charge in [0.15, 0.2) is 3.92 Å². The van der Waals surface area contributed by atoms with Gasteiger partial charge in [-0.25, -0.2) is 9.78 Å². The average Bonchev–Trinajstić information content (AvgIpc) is 2.86. The molecule has 158 valence electrons. The summed E-state index contributed by atoms with van der Waals surface area (Å²) in [6.07, 6.45) is 9.13. The van der Waals surface area contributed by atoms with Crippen LogP contribution in [0.15, 0.2) is 3.92 Å². The highest BCUT2D eigenvalue weighted by molar-refractivity contribution is 9.11. The van der Waals surface area contributed by atoms with Crippen molar-refractivity contribution < 1.29 is 9.53 Å². The van der Waals surface area contributed by atoms with Gasteiger partial charge in [-0.05, 0) is 94.1 Å². The molecule has 5 nitrogen and oxygen atoms in total. The highest BCUT2D eigenvalue weighted by atomic mass is 79.9. The first-order chi connectivity index (χ1) is 13.3. The Kier molecular flexibility index (Phi) is 7.79. The van der Waals surface area contributed by atoms with Gasteiger partial charge in [-0.3, -0.25) is 0 Å². The Morgan fingerprint density at radius 3 is 2.68 bits per heavy atom. The second-order valence-electron chi connectivity index (χ2n) is 9.18. The summed E-state index contributed by atoms with van der Waals surface area (Å²) in [5.74, 6) is 0.808. The van der Waals surface area contributed by atoms with Gasteiger partial charge < -0.3 is 15.0 Å². The first-order valence-electron chi connectivity index (χ1n) is 10.6. The van der Waals surface area contributed by atoms with Gasteiger partial charge in [-0.1, -0.05) is 0 Å². The minimum absolute atomic E-state index is 0.271. The summed E-state index contributed by atoms with van der Waals surface area (Å²) in [4.78, 5) is 20.6. The monoisotopic (exact) mass is 471 g/mol. The van der Waals surface area contributed by atoms with Crippen LogP contribution >= 0.6 is 27.3 Å². The molecule has 1 saturated carbocycles. The van der Waals surface area contributed by atoms with Crippen molar-refractivity contribution in [3.05, 3.63) is 14.5 Å². The molecule has 1 fully saturated rings. The molecule has 7 heteroatoms. The summed E-state index contributed by atoms with van der Waals surface area (Å²) in [7, 11) is 0. The summed E-state index contributed by atoms with van der Waals surface area (Å²) in [5, 5.41) is 3.04. The zero-order valence-corrected chi connectivity index (χ0v) is 19.8. The van der Waals surface area contributed by atoms with Gasteiger partial charge in [-0.2, -0.15) is 0 Å². The molecule has 0 saturated heterocycles. The van der Waals surface area contributed by atoms with Crippen LogP contribution in [0, 0.1) is 5.92 Å². The minimum atomic E-state index is -0.425. The van der Waals surface area contributed by atoms with Crippen molar-refractivity contribution in [1.82, 2.24) is 15.2 Å². The number of hydrogen-bond acceptors (Lipinski definition) is 5. The largest absolute Gasteiger partial charge is 0.444 e. The first-order valence-corrected chi connectivity index (χ1v) is 12.3. The summed E-state index contributed by atoms with van der Waals surface area (Å²) >= 11 is 5.31. The number of nitrogens with zero attached hydrogens (tertiary/aromatic N) is 2. The molecule has 28 heavy (non-hydrogen) atoms. The number of halogens is 1. The highest BCUT2D eigenvalue weighted by Gasteiger charge is 2.25. The third-order valence-electron chi connectivity index (χ3n) is 5.73. The number of ether oxygens (including phenoxy) is 1. The molecule has 2 aliphatic rings. The summed E-state index contributed by atoms with van der Waals surface area (Å²) in [6.45, 7) is 9.21. The van der Waals surface area contributed by atoms with E-state index in [-0.39, 0.29) is 12.1 Å². The number of thiazole rings is 1. The predicted octanol–water partition coefficient (Wildman–Crippen LogP) is 5.17. The second kappa shape index (κ2) is 9.90. The number of fused-ring (bicyclic) bond motifs is 1. The third kappa shape index (κ3) is 6.99. The van der Waals surface area contributed by atoms with Crippen molar-refractivity contribution in [2.24, 2.45) is 5.92 Å². The van der Waals surface area contributed by atoms with Gasteiger partial charge in [0, 0.05) is 30.4 Å². The molecule has 1 N–H and O–H groups in total. The average molecular weight is 472 g/mol. The second-order valence-corrected chi connectivity index (χ2v) is 11.5. The molecule has 1 aromatic rings. The minimum Gasteiger partial charge on any atom is -0.444 e. The third-order valence-corrected chi connectivity index (χ3v) is 7.34. The Morgan fingerprint density at radius 2 is 1.96 bits per heavy atom. The number of carbonyl (C=O) groups is 1. The number of carbonyl (C=O) groups excluding carboxylic acids is 1. The number of amides is 1. The fourth-order valence-electron chi connectivity index (χ4n) is 4.27. The van der Waals surface area contributed by atoms with Gasteiger partial charge in [0.05, 0.1) is 5.69 Å². The van der Waals surface area contributed by atoms with E-state index in [2.05, 4.69) is 31.1 Å². The van der Waals surface area contributed by atoms with Gasteiger partial charge in [-0.15, -0.1) is 11.3 Å². The van der Waals surface area contributed by atoms with Crippen LogP contribution in [-0.4, -0.2) is 47.3 Å². The smallest absolute Gasteiger partial charge is 0.407 e. The molecule has 0 spiro atoms. The number of rotatable bonds is 5. The Hall–Kier alpha value is -0.660. The topological polar surface area (TPSA) is 54.5 Å². The van der Waals surface area contributed by atoms with E-state index in [4.69, 9.17) is 4.74 Å². The number of hydrogen-bond donors (Lipinski definition) is 1. The van der Waals surface area contributed by atoms with Gasteiger partial charge in [0.25, 0.3) is 0 Å². The lowest BCUT2D eigenvalue weighted by molar-refractivity contribution is 0.0486. The first kappa shape index (κ1) is 22.0. The molecule has 2 heterocycles. The Labute approximate surface area is 181 Å². The fraction of sp³-hybridized carbons (Fsp3) is 0.810. The molecule has 0 aromatic carbocycles. The molecule has 0 bridgehead atoms. The van der Waals surface area contributed by atoms with Crippen molar-refractivity contribution in [1.29, 1.82) is 0 Å². The fourth-order valence-corrected chi connectivity index (χ4v) is 5.89. The van der Waals surface area contributed by atoms with Crippen LogP contribution < -0.4 is 5.32 Å². The molecule has 3 rings (SSSR count). The van der Waals surface area contributed by atoms with E-state index in [0.717, 1.165) is 48.6 Å². The quantitative estimate of drug-likeness (QED) is 0.643. The Morgan fingerprint density at radius 1 is 1.25 bits per heavy atom. The Bertz CT molecular complexity index is 625. The number of alkyl carbamates (subject to hydrolysis) is 1. The predicted molar refractivity (Wildman–Crippen MR) is 118 cm³/mol. The molecular weight excluding hydrogens is 438 g/mol. The van der Waals surface area contributed by atoms with E-state index in [1.807, 2.05) is 20.8 Å². The van der Waals surface area contributed by atoms with Crippen molar-refractivity contribution in [2.75, 3.05) is 19.6 Å². The van der Waals surface area contributed by atoms with Crippen LogP contribution in [0.1, 0.15) is 69.9 Å². The zero-order valence-electron chi connectivity index (χ0n) is 17.4. The summed E-state index contributed by atoms with van der Waals surface area (Å²) in [6, 6.07) is 0.280. The van der Waals surface area contributed by atoms with Crippen LogP contribution in [0.5, 0.6) is 0 Å². The molecule has 0 atom stereocenters. The van der Waals surface area contributed by atoms with E-state index < -0.39 is 5.60 Å². The van der Waals surface area contributed by atoms with Gasteiger partial charge in [0.1, 0.15) is 5.60 Å². The lowest BCUT2D eigenvalue weighted by atomic mass is 9.83. The molecule has 1 aliphatic heterocycles. The lowest BCUT2D eigenvalue weighted by Gasteiger charge is -2.30. The maximum atomic E-state index is 11.9. The van der Waals surface area contributed by atoms with E-state index in [1.54, 1.807) is 11.3 Å². The van der Waals surface area contributed by atoms with E-state index >= 15 is 0 Å². The standard InChI is InChI=1S/C21H34BrN3O2S/c1-21(2,3)27-20(26)23-16-8-6-15(7-9-16)5-4-12-25-13-10-17-18(11-14-25)28-19(22)24-17/h15-16H,4-14H2,1-3H3,(H,23,26). The van der Waals surface area contributed by atoms with Crippen molar-refractivity contribution in [2.45, 2.75) is 83.8 Å². The summed E-state index contributed by atoms with van der Waals surface area (Å²) in [5.41, 5.74) is 0.876. The normalized spacial score (nSPS) is 23.7. The highest BCUT2D eigenvalue weighted by Crippen LogP contribution is 2.29. The Balaban J connectivity index is 1.30. The van der Waals surface area contributed by atoms with Crippen molar-refractivity contribution >= 4 is 33.4 Å². The SMILES string of the molecule is CC(C)(C)OC(=O)NC1CCC(CCCN2CCc3nc(Br)sc3CC2)CC1. The van der Waals surface area contributed by atoms with Crippen LogP contribution in [0.2, 0.25) is 0 Å². The lowest BCUT2D eigenvalue weighted by Crippen LogP contribution is -2.41. The number of aromatic nitrogens is 1. The zero-order chi connectivity index (χ0) is 20.1. The molecule has 1 amide bonds. The van der Waals surface area contributed by atoms with Crippen molar-refractivity contribution in [3.63, 3.8) is 0 Å². The molecule has 0 unspecified atom stereocenters. The maximum absolute atomic E-state index is 11.9. The molecule has 1 aromatic heterocycles. The van der Waals surface area contributed by atoms with E-state index in [1.165, 1.54) is 42.8 Å². The summed E-state index contributed by atoms with van der Waals surface area (Å²) < 4.78 is 6.40. The van der Waals surface area contributed by atoms with Gasteiger partial charge in [0.2, 0.25) is 0 Å². The molecule has 1 aliphatic carbocycles. The molecule has 0 radical (unpaired) electrons. The van der Waals surface area contributed by atoms with E-state index in [0.29, 0.717) is 0 Å². The van der Waals surface area contributed by atoms with Crippen LogP contribution in [-0.2, 0) is 17.6 Å². The maximum Gasteiger partial charge on any atom is 0.407 e. The van der Waals surface area contributed by atoms with Crippen LogP contribution in [0.3, 0.4) is 0 Å². The van der Waals surface area contributed by atoms with Crippen LogP contribution in [0.4, 0.5) is 4.79 Å². The van der Waals surface area contributed by atoms with Gasteiger partial charge >= 0.3 is 6.09 Å². The van der Waals surface area contributed by atoms with E-state index in [9.17, 15) is 4.79 Å².